The van der Waals surface area contributed by atoms with Gasteiger partial charge in [0.25, 0.3) is 0 Å². The van der Waals surface area contributed by atoms with E-state index >= 15 is 0 Å². The molecule has 0 atom stereocenters. The monoisotopic (exact) mass is 386 g/mol. The number of rotatable bonds is 11. The quantitative estimate of drug-likeness (QED) is 0.264. The molecule has 1 nitrogen and oxygen atoms in total. The first-order chi connectivity index (χ1) is 12.7. The first-order valence-corrected chi connectivity index (χ1v) is 12.0. The van der Waals surface area contributed by atoms with Crippen LogP contribution in [0.2, 0.25) is 0 Å². The summed E-state index contributed by atoms with van der Waals surface area (Å²) in [5.74, 6) is 1.66. The standard InChI is InChI=1S/C23H40ClFO/c24-17-3-2-10-22-11-14-23(15-12-22,16-13-22)19-26-21-8-6-20(7-9-21)5-1-4-18-25/h20-21H,1-19H2. The topological polar surface area (TPSA) is 9.23 Å². The Morgan fingerprint density at radius 1 is 0.808 bits per heavy atom. The van der Waals surface area contributed by atoms with Crippen LogP contribution in [-0.2, 0) is 4.74 Å². The molecular formula is C23H40ClFO. The van der Waals surface area contributed by atoms with Crippen LogP contribution in [0.1, 0.15) is 103 Å². The van der Waals surface area contributed by atoms with E-state index in [1.54, 1.807) is 0 Å². The summed E-state index contributed by atoms with van der Waals surface area (Å²) in [6, 6.07) is 0. The number of alkyl halides is 2. The smallest absolute Gasteiger partial charge is 0.0894 e. The van der Waals surface area contributed by atoms with Gasteiger partial charge in [0.05, 0.1) is 19.4 Å². The van der Waals surface area contributed by atoms with E-state index in [0.717, 1.165) is 31.2 Å². The van der Waals surface area contributed by atoms with Gasteiger partial charge in [0.2, 0.25) is 0 Å². The van der Waals surface area contributed by atoms with Gasteiger partial charge in [-0.25, -0.2) is 0 Å². The van der Waals surface area contributed by atoms with E-state index in [4.69, 9.17) is 16.3 Å². The number of unbranched alkanes of at least 4 members (excludes halogenated alkanes) is 2. The van der Waals surface area contributed by atoms with Crippen molar-refractivity contribution in [1.82, 2.24) is 0 Å². The predicted molar refractivity (Wildman–Crippen MR) is 109 cm³/mol. The Hall–Kier alpha value is 0.180. The van der Waals surface area contributed by atoms with Crippen LogP contribution >= 0.6 is 11.6 Å². The van der Waals surface area contributed by atoms with Gasteiger partial charge in [-0.1, -0.05) is 19.3 Å². The van der Waals surface area contributed by atoms with E-state index in [1.807, 2.05) is 0 Å². The lowest BCUT2D eigenvalue weighted by molar-refractivity contribution is -0.0949. The van der Waals surface area contributed by atoms with E-state index in [0.29, 0.717) is 16.9 Å². The zero-order valence-electron chi connectivity index (χ0n) is 16.8. The molecule has 0 saturated heterocycles. The largest absolute Gasteiger partial charge is 0.378 e. The number of fused-ring (bicyclic) bond motifs is 3. The summed E-state index contributed by atoms with van der Waals surface area (Å²) in [7, 11) is 0. The van der Waals surface area contributed by atoms with Crippen molar-refractivity contribution in [1.29, 1.82) is 0 Å². The van der Waals surface area contributed by atoms with Crippen molar-refractivity contribution in [2.75, 3.05) is 19.2 Å². The first-order valence-electron chi connectivity index (χ1n) is 11.4. The van der Waals surface area contributed by atoms with Gasteiger partial charge in [-0.3, -0.25) is 4.39 Å². The molecule has 26 heavy (non-hydrogen) atoms. The average molecular weight is 387 g/mol. The fourth-order valence-electron chi connectivity index (χ4n) is 5.94. The fraction of sp³-hybridized carbons (Fsp3) is 1.00. The average Bonchev–Trinajstić information content (AvgIpc) is 2.69. The number of hydrogen-bond donors (Lipinski definition) is 0. The number of hydrogen-bond acceptors (Lipinski definition) is 1. The molecule has 4 aliphatic rings. The molecule has 0 aromatic carbocycles. The summed E-state index contributed by atoms with van der Waals surface area (Å²) in [6.07, 6.45) is 21.0. The summed E-state index contributed by atoms with van der Waals surface area (Å²) in [6.45, 7) is 0.872. The minimum atomic E-state index is -0.144. The molecule has 0 spiro atoms. The molecule has 4 fully saturated rings. The highest BCUT2D eigenvalue weighted by Gasteiger charge is 2.48. The molecule has 4 saturated carbocycles. The highest BCUT2D eigenvalue weighted by atomic mass is 35.5. The van der Waals surface area contributed by atoms with E-state index < -0.39 is 0 Å². The van der Waals surface area contributed by atoms with Crippen LogP contribution in [0.4, 0.5) is 4.39 Å². The molecule has 0 unspecified atom stereocenters. The Bertz CT molecular complexity index is 380. The summed E-state index contributed by atoms with van der Waals surface area (Å²) in [5, 5.41) is 0. The van der Waals surface area contributed by atoms with Crippen molar-refractivity contribution in [3.63, 3.8) is 0 Å². The van der Waals surface area contributed by atoms with Gasteiger partial charge in [0.15, 0.2) is 0 Å². The molecule has 0 amide bonds. The summed E-state index contributed by atoms with van der Waals surface area (Å²) in [5.41, 5.74) is 1.16. The Kier molecular flexibility index (Phi) is 8.12. The molecule has 4 aliphatic carbocycles. The molecule has 0 radical (unpaired) electrons. The predicted octanol–water partition coefficient (Wildman–Crippen LogP) is 7.45. The van der Waals surface area contributed by atoms with E-state index in [9.17, 15) is 4.39 Å². The van der Waals surface area contributed by atoms with E-state index in [-0.39, 0.29) is 6.67 Å². The van der Waals surface area contributed by atoms with Crippen LogP contribution in [0.25, 0.3) is 0 Å². The molecule has 0 heterocycles. The highest BCUT2D eigenvalue weighted by molar-refractivity contribution is 6.17. The highest BCUT2D eigenvalue weighted by Crippen LogP contribution is 2.59. The summed E-state index contributed by atoms with van der Waals surface area (Å²) >= 11 is 5.86. The normalized spacial score (nSPS) is 37.2. The molecule has 4 rings (SSSR count). The van der Waals surface area contributed by atoms with Gasteiger partial charge in [0, 0.05) is 5.88 Å². The maximum Gasteiger partial charge on any atom is 0.0894 e. The number of halogens is 2. The number of ether oxygens (including phenoxy) is 1. The van der Waals surface area contributed by atoms with Crippen molar-refractivity contribution in [3.8, 4) is 0 Å². The minimum absolute atomic E-state index is 0.144. The molecule has 0 N–H and O–H groups in total. The van der Waals surface area contributed by atoms with Crippen molar-refractivity contribution in [2.24, 2.45) is 16.7 Å². The molecule has 3 heteroatoms. The van der Waals surface area contributed by atoms with Gasteiger partial charge < -0.3 is 4.74 Å². The fourth-order valence-corrected chi connectivity index (χ4v) is 6.13. The maximum atomic E-state index is 12.2. The van der Waals surface area contributed by atoms with Crippen LogP contribution in [0.3, 0.4) is 0 Å². The molecule has 2 bridgehead atoms. The van der Waals surface area contributed by atoms with Crippen molar-refractivity contribution >= 4 is 11.6 Å². The Morgan fingerprint density at radius 3 is 2.08 bits per heavy atom. The molecule has 0 aliphatic heterocycles. The molecule has 152 valence electrons. The van der Waals surface area contributed by atoms with E-state index in [2.05, 4.69) is 0 Å². The lowest BCUT2D eigenvalue weighted by Gasteiger charge is -2.54. The van der Waals surface area contributed by atoms with Crippen molar-refractivity contribution in [2.45, 2.75) is 109 Å². The Morgan fingerprint density at radius 2 is 1.46 bits per heavy atom. The zero-order chi connectivity index (χ0) is 18.3. The van der Waals surface area contributed by atoms with Crippen LogP contribution in [-0.4, -0.2) is 25.3 Å². The first kappa shape index (κ1) is 20.9. The summed E-state index contributed by atoms with van der Waals surface area (Å²) < 4.78 is 18.7. The second-order valence-electron chi connectivity index (χ2n) is 9.78. The maximum absolute atomic E-state index is 12.2. The second-order valence-corrected chi connectivity index (χ2v) is 10.2. The van der Waals surface area contributed by atoms with Gasteiger partial charge in [-0.15, -0.1) is 11.6 Å². The molecular weight excluding hydrogens is 347 g/mol. The van der Waals surface area contributed by atoms with Crippen LogP contribution in [0.15, 0.2) is 0 Å². The van der Waals surface area contributed by atoms with Crippen molar-refractivity contribution in [3.05, 3.63) is 0 Å². The van der Waals surface area contributed by atoms with Crippen molar-refractivity contribution < 1.29 is 9.13 Å². The minimum Gasteiger partial charge on any atom is -0.378 e. The summed E-state index contributed by atoms with van der Waals surface area (Å²) in [4.78, 5) is 0. The second kappa shape index (κ2) is 10.1. The van der Waals surface area contributed by atoms with Gasteiger partial charge in [-0.2, -0.15) is 0 Å². The molecule has 0 aromatic rings. The third-order valence-corrected chi connectivity index (χ3v) is 8.33. The van der Waals surface area contributed by atoms with Gasteiger partial charge >= 0.3 is 0 Å². The Balaban J connectivity index is 1.34. The van der Waals surface area contributed by atoms with Crippen LogP contribution < -0.4 is 0 Å². The van der Waals surface area contributed by atoms with E-state index in [1.165, 1.54) is 89.9 Å². The van der Waals surface area contributed by atoms with Crippen LogP contribution in [0, 0.1) is 16.7 Å². The lowest BCUT2D eigenvalue weighted by atomic mass is 9.53. The van der Waals surface area contributed by atoms with Crippen LogP contribution in [0.5, 0.6) is 0 Å². The molecule has 0 aromatic heterocycles. The van der Waals surface area contributed by atoms with Gasteiger partial charge in [0.1, 0.15) is 0 Å². The van der Waals surface area contributed by atoms with Gasteiger partial charge in [-0.05, 0) is 100 Å². The Labute approximate surface area is 165 Å². The third-order valence-electron chi connectivity index (χ3n) is 8.06. The third kappa shape index (κ3) is 5.60. The lowest BCUT2D eigenvalue weighted by Crippen LogP contribution is -2.44. The SMILES string of the molecule is FCCCCC1CCC(OCC23CCC(CCCCCl)(CC2)CC3)CC1. The zero-order valence-corrected chi connectivity index (χ0v) is 17.5.